The molecule has 15 rings (SSSR count). The Morgan fingerprint density at radius 2 is 0.929 bits per heavy atom. The van der Waals surface area contributed by atoms with Crippen LogP contribution in [-0.4, -0.2) is 4.57 Å². The molecule has 1 spiro atoms. The second kappa shape index (κ2) is 15.1. The van der Waals surface area contributed by atoms with Gasteiger partial charge in [-0.25, -0.2) is 0 Å². The summed E-state index contributed by atoms with van der Waals surface area (Å²) < 4.78 is 5.16. The molecule has 0 bridgehead atoms. The molecule has 1 aliphatic carbocycles. The Kier molecular flexibility index (Phi) is 8.48. The lowest BCUT2D eigenvalue weighted by molar-refractivity contribution is 0.748. The van der Waals surface area contributed by atoms with E-state index in [1.165, 1.54) is 109 Å². The summed E-state index contributed by atoms with van der Waals surface area (Å²) in [5.41, 5.74) is 21.4. The highest BCUT2D eigenvalue weighted by Crippen LogP contribution is 2.62. The van der Waals surface area contributed by atoms with Gasteiger partial charge in [-0.1, -0.05) is 206 Å². The van der Waals surface area contributed by atoms with E-state index in [9.17, 15) is 0 Å². The van der Waals surface area contributed by atoms with E-state index >= 15 is 0 Å². The molecule has 0 amide bonds. The number of nitrogens with zero attached hydrogens (tertiary/aromatic N) is 2. The number of thiophene rings is 1. The molecule has 0 radical (unpaired) electrons. The molecule has 1 atom stereocenters. The molecule has 1 unspecified atom stereocenters. The van der Waals surface area contributed by atoms with Crippen molar-refractivity contribution in [3.8, 4) is 50.2 Å². The zero-order chi connectivity index (χ0) is 45.9. The molecule has 0 fully saturated rings. The Labute approximate surface area is 410 Å². The molecule has 13 aromatic rings. The average Bonchev–Trinajstić information content (AvgIpc) is 4.08. The number of benzene rings is 11. The van der Waals surface area contributed by atoms with Gasteiger partial charge < -0.3 is 9.47 Å². The minimum atomic E-state index is -0.583. The van der Waals surface area contributed by atoms with Crippen molar-refractivity contribution >= 4 is 70.4 Å². The largest absolute Gasteiger partial charge is 0.310 e. The van der Waals surface area contributed by atoms with Gasteiger partial charge in [0.15, 0.2) is 0 Å². The minimum Gasteiger partial charge on any atom is -0.310 e. The first-order valence-electron chi connectivity index (χ1n) is 24.2. The lowest BCUT2D eigenvalue weighted by atomic mass is 9.65. The van der Waals surface area contributed by atoms with Crippen LogP contribution in [-0.2, 0) is 5.41 Å². The van der Waals surface area contributed by atoms with E-state index in [1.807, 2.05) is 11.3 Å². The Bertz CT molecular complexity index is 4250. The van der Waals surface area contributed by atoms with E-state index in [1.54, 1.807) is 0 Å². The van der Waals surface area contributed by atoms with Crippen molar-refractivity contribution in [1.82, 2.24) is 4.57 Å². The number of para-hydroxylation sites is 4. The molecule has 2 aliphatic rings. The van der Waals surface area contributed by atoms with Crippen molar-refractivity contribution in [3.63, 3.8) is 0 Å². The zero-order valence-corrected chi connectivity index (χ0v) is 38.9. The Morgan fingerprint density at radius 1 is 0.343 bits per heavy atom. The van der Waals surface area contributed by atoms with Gasteiger partial charge >= 0.3 is 0 Å². The fourth-order valence-corrected chi connectivity index (χ4v) is 13.6. The average molecular weight is 907 g/mol. The summed E-state index contributed by atoms with van der Waals surface area (Å²) in [5.74, 6) is 0. The van der Waals surface area contributed by atoms with Crippen LogP contribution in [0, 0.1) is 0 Å². The Balaban J connectivity index is 0.991. The van der Waals surface area contributed by atoms with E-state index in [0.717, 1.165) is 22.6 Å². The van der Waals surface area contributed by atoms with Gasteiger partial charge in [-0.15, -0.1) is 11.3 Å². The van der Waals surface area contributed by atoms with E-state index in [2.05, 4.69) is 264 Å². The van der Waals surface area contributed by atoms with Crippen LogP contribution < -0.4 is 4.90 Å². The molecule has 0 N–H and O–H groups in total. The normalized spacial score (nSPS) is 14.3. The predicted octanol–water partition coefficient (Wildman–Crippen LogP) is 18.3. The third-order valence-electron chi connectivity index (χ3n) is 15.2. The molecule has 2 nitrogen and oxygen atoms in total. The molecule has 3 heterocycles. The highest BCUT2D eigenvalue weighted by molar-refractivity contribution is 7.26. The van der Waals surface area contributed by atoms with Crippen LogP contribution in [0.25, 0.3) is 92.2 Å². The topological polar surface area (TPSA) is 8.17 Å². The van der Waals surface area contributed by atoms with E-state index in [-0.39, 0.29) is 0 Å². The third kappa shape index (κ3) is 5.44. The van der Waals surface area contributed by atoms with Crippen LogP contribution in [0.1, 0.15) is 22.3 Å². The van der Waals surface area contributed by atoms with Gasteiger partial charge in [0.05, 0.1) is 27.8 Å². The van der Waals surface area contributed by atoms with E-state index in [0.29, 0.717) is 0 Å². The van der Waals surface area contributed by atoms with E-state index in [4.69, 9.17) is 0 Å². The number of aromatic nitrogens is 1. The predicted molar refractivity (Wildman–Crippen MR) is 296 cm³/mol. The van der Waals surface area contributed by atoms with Crippen molar-refractivity contribution in [2.75, 3.05) is 4.90 Å². The highest BCUT2D eigenvalue weighted by Gasteiger charge is 2.51. The van der Waals surface area contributed by atoms with Crippen LogP contribution in [0.3, 0.4) is 0 Å². The molecule has 0 saturated carbocycles. The van der Waals surface area contributed by atoms with Crippen LogP contribution in [0.4, 0.5) is 17.1 Å². The zero-order valence-electron chi connectivity index (χ0n) is 38.1. The molecule has 1 aliphatic heterocycles. The van der Waals surface area contributed by atoms with Crippen LogP contribution in [0.5, 0.6) is 0 Å². The van der Waals surface area contributed by atoms with Gasteiger partial charge in [-0.3, -0.25) is 0 Å². The second-order valence-corrected chi connectivity index (χ2v) is 19.7. The summed E-state index contributed by atoms with van der Waals surface area (Å²) in [5, 5.41) is 5.18. The second-order valence-electron chi connectivity index (χ2n) is 18.7. The SMILES string of the molecule is c1ccc(-c2ccccc2-c2ccccc2N(c2ccc(-c3cccc4c3sc3ccccc34)cc2)c2ccc3c(c2)C2(c4ccccc4-3)c3ccccc3-n3c4ccccc4c4cccc2c43)cc1. The highest BCUT2D eigenvalue weighted by atomic mass is 32.1. The number of fused-ring (bicyclic) bond motifs is 15. The molecule has 2 aromatic heterocycles. The maximum atomic E-state index is 2.53. The fourth-order valence-electron chi connectivity index (χ4n) is 12.4. The van der Waals surface area contributed by atoms with Crippen molar-refractivity contribution in [1.29, 1.82) is 0 Å². The summed E-state index contributed by atoms with van der Waals surface area (Å²) in [6.45, 7) is 0. The molecule has 70 heavy (non-hydrogen) atoms. The van der Waals surface area contributed by atoms with Gasteiger partial charge in [-0.2, -0.15) is 0 Å². The van der Waals surface area contributed by atoms with Gasteiger partial charge in [0.25, 0.3) is 0 Å². The summed E-state index contributed by atoms with van der Waals surface area (Å²) in [7, 11) is 0. The lowest BCUT2D eigenvalue weighted by Crippen LogP contribution is -2.33. The van der Waals surface area contributed by atoms with E-state index < -0.39 is 5.41 Å². The maximum Gasteiger partial charge on any atom is 0.0755 e. The lowest BCUT2D eigenvalue weighted by Gasteiger charge is -2.40. The summed E-state index contributed by atoms with van der Waals surface area (Å²) in [6, 6.07) is 94.9. The smallest absolute Gasteiger partial charge is 0.0755 e. The van der Waals surface area contributed by atoms with Gasteiger partial charge in [0.1, 0.15) is 0 Å². The first kappa shape index (κ1) is 39.3. The standard InChI is InChI=1S/C67H42N2S/c1-2-18-43(19-3-1)47-20-4-5-21-49(47)52-23-7-12-32-61(52)68(45-38-36-44(37-39-45)48-26-16-28-56-54-25-9-15-35-64(54)70-66(48)56)46-40-41-51-50-22-6-10-29-57(50)67(60(51)42-46)58-30-11-14-34-63(58)69-62-33-13-8-24-53(62)55-27-17-31-59(67)65(55)69/h1-42H. The maximum absolute atomic E-state index is 2.53. The molecular formula is C67H42N2S. The van der Waals surface area contributed by atoms with Crippen molar-refractivity contribution < 1.29 is 0 Å². The Morgan fingerprint density at radius 3 is 1.80 bits per heavy atom. The number of hydrogen-bond acceptors (Lipinski definition) is 2. The van der Waals surface area contributed by atoms with Crippen LogP contribution in [0.2, 0.25) is 0 Å². The number of rotatable bonds is 6. The van der Waals surface area contributed by atoms with Crippen molar-refractivity contribution in [2.24, 2.45) is 0 Å². The Hall–Kier alpha value is -8.76. The van der Waals surface area contributed by atoms with Gasteiger partial charge in [0.2, 0.25) is 0 Å². The van der Waals surface area contributed by atoms with Gasteiger partial charge in [-0.05, 0) is 110 Å². The summed E-state index contributed by atoms with van der Waals surface area (Å²) >= 11 is 1.88. The monoisotopic (exact) mass is 906 g/mol. The van der Waals surface area contributed by atoms with Crippen molar-refractivity contribution in [3.05, 3.63) is 277 Å². The quantitative estimate of drug-likeness (QED) is 0.161. The van der Waals surface area contributed by atoms with Crippen LogP contribution >= 0.6 is 11.3 Å². The summed E-state index contributed by atoms with van der Waals surface area (Å²) in [4.78, 5) is 2.50. The van der Waals surface area contributed by atoms with Crippen LogP contribution in [0.15, 0.2) is 255 Å². The number of anilines is 3. The molecular weight excluding hydrogens is 865 g/mol. The number of hydrogen-bond donors (Lipinski definition) is 0. The summed E-state index contributed by atoms with van der Waals surface area (Å²) in [6.07, 6.45) is 0. The first-order chi connectivity index (χ1) is 34.8. The first-order valence-corrected chi connectivity index (χ1v) is 25.0. The molecule has 3 heteroatoms. The van der Waals surface area contributed by atoms with Gasteiger partial charge in [0, 0.05) is 47.9 Å². The molecule has 0 saturated heterocycles. The third-order valence-corrected chi connectivity index (χ3v) is 16.4. The molecule has 11 aromatic carbocycles. The van der Waals surface area contributed by atoms with Crippen molar-refractivity contribution in [2.45, 2.75) is 5.41 Å². The fraction of sp³-hybridized carbons (Fsp3) is 0.0149. The minimum absolute atomic E-state index is 0.583. The molecule has 326 valence electrons.